The molecule has 0 aliphatic heterocycles. The van der Waals surface area contributed by atoms with Crippen molar-refractivity contribution in [3.05, 3.63) is 25.3 Å². The molecule has 0 saturated carbocycles. The normalized spacial score (nSPS) is 14.4. The van der Waals surface area contributed by atoms with Gasteiger partial charge in [-0.2, -0.15) is 26.3 Å². The van der Waals surface area contributed by atoms with Gasteiger partial charge in [-0.1, -0.05) is 26.0 Å². The van der Waals surface area contributed by atoms with E-state index >= 15 is 0 Å². The van der Waals surface area contributed by atoms with Crippen LogP contribution in [0.5, 0.6) is 0 Å². The van der Waals surface area contributed by atoms with Gasteiger partial charge >= 0.3 is 0 Å². The second-order valence-electron chi connectivity index (χ2n) is 4.58. The molecule has 0 aliphatic rings. The number of hydrogen-bond donors (Lipinski definition) is 4. The van der Waals surface area contributed by atoms with Crippen molar-refractivity contribution in [3.8, 4) is 0 Å². The molecule has 0 aromatic rings. The van der Waals surface area contributed by atoms with Gasteiger partial charge in [0.2, 0.25) is 0 Å². The predicted octanol–water partition coefficient (Wildman–Crippen LogP) is 0.268. The lowest BCUT2D eigenvalue weighted by Gasteiger charge is -2.11. The van der Waals surface area contributed by atoms with E-state index in [-0.39, 0.29) is 12.1 Å². The largest absolute Gasteiger partial charge is 0.274 e. The fraction of sp³-hybridized carbons (Fsp3) is 0.667. The highest BCUT2D eigenvalue weighted by molar-refractivity contribution is 7.87. The lowest BCUT2D eigenvalue weighted by Crippen LogP contribution is -2.38. The Bertz CT molecular complexity index is 469. The Kier molecular flexibility index (Phi) is 12.5. The van der Waals surface area contributed by atoms with Crippen LogP contribution in [-0.2, 0) is 20.4 Å². The summed E-state index contributed by atoms with van der Waals surface area (Å²) in [5.41, 5.74) is 0. The molecular formula is C12H28N4O4S2. The minimum absolute atomic E-state index is 0.123. The van der Waals surface area contributed by atoms with Crippen LogP contribution < -0.4 is 19.7 Å². The Morgan fingerprint density at radius 2 is 1.14 bits per heavy atom. The van der Waals surface area contributed by atoms with Crippen LogP contribution in [-0.4, -0.2) is 28.9 Å². The third-order valence-electron chi connectivity index (χ3n) is 2.55. The fourth-order valence-corrected chi connectivity index (χ4v) is 2.92. The van der Waals surface area contributed by atoms with E-state index in [1.165, 1.54) is 0 Å². The quantitative estimate of drug-likeness (QED) is 0.416. The number of nitrogens with one attached hydrogen (secondary N) is 2. The SMILES string of the molecule is C=CC[C@@H](CC)NS(N)(=O)=O.C=CC[C@H](CC)NS(N)(=O)=O. The molecule has 2 atom stereocenters. The Balaban J connectivity index is 0. The highest BCUT2D eigenvalue weighted by Gasteiger charge is 2.10. The first kappa shape index (κ1) is 23.5. The summed E-state index contributed by atoms with van der Waals surface area (Å²) in [6.45, 7) is 10.8. The molecule has 132 valence electrons. The average molecular weight is 357 g/mol. The van der Waals surface area contributed by atoms with Crippen LogP contribution >= 0.6 is 0 Å². The van der Waals surface area contributed by atoms with Crippen molar-refractivity contribution >= 4 is 20.4 Å². The summed E-state index contributed by atoms with van der Waals surface area (Å²) in [5, 5.41) is 9.54. The molecule has 0 heterocycles. The Morgan fingerprint density at radius 3 is 1.27 bits per heavy atom. The Morgan fingerprint density at radius 1 is 0.864 bits per heavy atom. The zero-order chi connectivity index (χ0) is 17.8. The lowest BCUT2D eigenvalue weighted by molar-refractivity contribution is 0.541. The van der Waals surface area contributed by atoms with E-state index in [1.54, 1.807) is 12.2 Å². The van der Waals surface area contributed by atoms with Crippen molar-refractivity contribution in [1.82, 2.24) is 9.44 Å². The second kappa shape index (κ2) is 11.7. The zero-order valence-corrected chi connectivity index (χ0v) is 14.8. The zero-order valence-electron chi connectivity index (χ0n) is 13.2. The van der Waals surface area contributed by atoms with Crippen LogP contribution in [0.1, 0.15) is 39.5 Å². The van der Waals surface area contributed by atoms with E-state index in [0.29, 0.717) is 25.7 Å². The van der Waals surface area contributed by atoms with Crippen molar-refractivity contribution in [2.24, 2.45) is 10.3 Å². The Hall–Kier alpha value is -0.780. The van der Waals surface area contributed by atoms with Crippen LogP contribution in [0.4, 0.5) is 0 Å². The maximum Gasteiger partial charge on any atom is 0.274 e. The number of rotatable bonds is 10. The molecular weight excluding hydrogens is 328 g/mol. The molecule has 22 heavy (non-hydrogen) atoms. The third kappa shape index (κ3) is 17.3. The minimum Gasteiger partial charge on any atom is -0.216 e. The smallest absolute Gasteiger partial charge is 0.216 e. The van der Waals surface area contributed by atoms with Gasteiger partial charge in [-0.3, -0.25) is 0 Å². The van der Waals surface area contributed by atoms with Crippen molar-refractivity contribution in [1.29, 1.82) is 0 Å². The van der Waals surface area contributed by atoms with Crippen molar-refractivity contribution < 1.29 is 16.8 Å². The van der Waals surface area contributed by atoms with Crippen LogP contribution in [0.2, 0.25) is 0 Å². The highest BCUT2D eigenvalue weighted by Crippen LogP contribution is 1.98. The molecule has 0 spiro atoms. The van der Waals surface area contributed by atoms with E-state index < -0.39 is 20.4 Å². The maximum absolute atomic E-state index is 10.5. The van der Waals surface area contributed by atoms with Crippen LogP contribution in [0.15, 0.2) is 25.3 Å². The number of nitrogens with two attached hydrogens (primary N) is 2. The monoisotopic (exact) mass is 356 g/mol. The third-order valence-corrected chi connectivity index (χ3v) is 3.87. The van der Waals surface area contributed by atoms with Crippen LogP contribution in [0, 0.1) is 0 Å². The molecule has 0 saturated heterocycles. The molecule has 0 fully saturated rings. The van der Waals surface area contributed by atoms with Crippen molar-refractivity contribution in [2.75, 3.05) is 0 Å². The first-order valence-electron chi connectivity index (χ1n) is 6.80. The van der Waals surface area contributed by atoms with Crippen LogP contribution in [0.3, 0.4) is 0 Å². The minimum atomic E-state index is -3.56. The summed E-state index contributed by atoms with van der Waals surface area (Å²) in [7, 11) is -7.11. The molecule has 0 aromatic carbocycles. The molecule has 0 aliphatic carbocycles. The molecule has 0 rings (SSSR count). The molecule has 0 bridgehead atoms. The molecule has 8 nitrogen and oxygen atoms in total. The second-order valence-corrected chi connectivity index (χ2v) is 7.24. The molecule has 0 aromatic heterocycles. The van der Waals surface area contributed by atoms with Gasteiger partial charge in [-0.05, 0) is 25.7 Å². The predicted molar refractivity (Wildman–Crippen MR) is 90.3 cm³/mol. The molecule has 6 N–H and O–H groups in total. The van der Waals surface area contributed by atoms with Gasteiger partial charge in [0.05, 0.1) is 0 Å². The van der Waals surface area contributed by atoms with Gasteiger partial charge < -0.3 is 0 Å². The standard InChI is InChI=1S/2C6H14N2O2S/c2*1-3-5-6(4-2)8-11(7,9)10/h2*3,6,8H,1,4-5H2,2H3,(H2,7,9,10)/t2*6-/m10/s1. The van der Waals surface area contributed by atoms with E-state index in [2.05, 4.69) is 22.6 Å². The molecule has 0 unspecified atom stereocenters. The summed E-state index contributed by atoms with van der Waals surface area (Å²) in [6, 6.07) is -0.245. The Labute approximate surface area is 134 Å². The molecule has 0 radical (unpaired) electrons. The van der Waals surface area contributed by atoms with E-state index in [1.807, 2.05) is 13.8 Å². The maximum atomic E-state index is 10.5. The van der Waals surface area contributed by atoms with Gasteiger partial charge in [0, 0.05) is 12.1 Å². The van der Waals surface area contributed by atoms with Gasteiger partial charge in [0.1, 0.15) is 0 Å². The van der Waals surface area contributed by atoms with E-state index in [9.17, 15) is 16.8 Å². The van der Waals surface area contributed by atoms with E-state index in [4.69, 9.17) is 10.3 Å². The van der Waals surface area contributed by atoms with Gasteiger partial charge in [0.25, 0.3) is 20.4 Å². The van der Waals surface area contributed by atoms with Gasteiger partial charge in [-0.25, -0.2) is 10.3 Å². The summed E-state index contributed by atoms with van der Waals surface area (Å²) >= 11 is 0. The first-order valence-corrected chi connectivity index (χ1v) is 9.90. The summed E-state index contributed by atoms with van der Waals surface area (Å²) in [6.07, 6.45) is 5.95. The van der Waals surface area contributed by atoms with Gasteiger partial charge in [-0.15, -0.1) is 13.2 Å². The van der Waals surface area contributed by atoms with Crippen molar-refractivity contribution in [3.63, 3.8) is 0 Å². The average Bonchev–Trinajstić information content (AvgIpc) is 2.35. The first-order chi connectivity index (χ1) is 9.99. The highest BCUT2D eigenvalue weighted by atomic mass is 32.2. The van der Waals surface area contributed by atoms with Crippen molar-refractivity contribution in [2.45, 2.75) is 51.6 Å². The lowest BCUT2D eigenvalue weighted by atomic mass is 10.2. The fourth-order valence-electron chi connectivity index (χ4n) is 1.46. The van der Waals surface area contributed by atoms with Crippen LogP contribution in [0.25, 0.3) is 0 Å². The van der Waals surface area contributed by atoms with Gasteiger partial charge in [0.15, 0.2) is 0 Å². The molecule has 0 amide bonds. The number of hydrogen-bond acceptors (Lipinski definition) is 4. The molecule has 10 heteroatoms. The summed E-state index contributed by atoms with van der Waals surface area (Å²) in [5.74, 6) is 0. The topological polar surface area (TPSA) is 144 Å². The summed E-state index contributed by atoms with van der Waals surface area (Å²) in [4.78, 5) is 0. The van der Waals surface area contributed by atoms with E-state index in [0.717, 1.165) is 0 Å². The summed E-state index contributed by atoms with van der Waals surface area (Å²) < 4.78 is 46.6.